The lowest BCUT2D eigenvalue weighted by atomic mass is 9.95. The molecule has 3 rings (SSSR count). The van der Waals surface area contributed by atoms with Crippen LogP contribution in [0.25, 0.3) is 11.1 Å². The summed E-state index contributed by atoms with van der Waals surface area (Å²) in [5.74, 6) is 0. The number of pyridine rings is 1. The molecule has 2 unspecified atom stereocenters. The van der Waals surface area contributed by atoms with E-state index in [-0.39, 0.29) is 0 Å². The predicted molar refractivity (Wildman–Crippen MR) is 82.3 cm³/mol. The lowest BCUT2D eigenvalue weighted by Crippen LogP contribution is -2.44. The van der Waals surface area contributed by atoms with Gasteiger partial charge in [-0.25, -0.2) is 4.57 Å². The van der Waals surface area contributed by atoms with Crippen LogP contribution >= 0.6 is 15.9 Å². The van der Waals surface area contributed by atoms with Crippen molar-refractivity contribution in [2.75, 3.05) is 0 Å². The third kappa shape index (κ3) is 2.89. The van der Waals surface area contributed by atoms with Crippen LogP contribution in [0.5, 0.6) is 0 Å². The number of aromatic nitrogens is 1. The van der Waals surface area contributed by atoms with Gasteiger partial charge < -0.3 is 0 Å². The number of alkyl halides is 1. The minimum absolute atomic E-state index is 0.610. The second kappa shape index (κ2) is 5.87. The first-order valence-electron chi connectivity index (χ1n) is 7.05. The van der Waals surface area contributed by atoms with Crippen molar-refractivity contribution in [2.45, 2.75) is 36.6 Å². The predicted octanol–water partition coefficient (Wildman–Crippen LogP) is 4.52. The fraction of sp³-hybridized carbons (Fsp3) is 0.353. The van der Waals surface area contributed by atoms with Crippen LogP contribution in [-0.2, 0) is 0 Å². The second-order valence-electron chi connectivity index (χ2n) is 5.27. The van der Waals surface area contributed by atoms with E-state index in [0.29, 0.717) is 10.9 Å². The highest BCUT2D eigenvalue weighted by Crippen LogP contribution is 2.30. The number of rotatable bonds is 2. The third-order valence-electron chi connectivity index (χ3n) is 3.99. The van der Waals surface area contributed by atoms with Crippen molar-refractivity contribution in [1.29, 1.82) is 0 Å². The minimum atomic E-state index is 0.610. The number of halogens is 1. The molecule has 0 saturated heterocycles. The molecule has 1 nitrogen and oxygen atoms in total. The fourth-order valence-electron chi connectivity index (χ4n) is 2.88. The minimum Gasteiger partial charge on any atom is -0.201 e. The van der Waals surface area contributed by atoms with E-state index < -0.39 is 0 Å². The number of hydrogen-bond donors (Lipinski definition) is 0. The number of benzene rings is 1. The molecule has 1 aromatic heterocycles. The largest absolute Gasteiger partial charge is 0.201 e. The topological polar surface area (TPSA) is 3.88 Å². The van der Waals surface area contributed by atoms with E-state index in [9.17, 15) is 0 Å². The maximum atomic E-state index is 3.83. The first-order valence-corrected chi connectivity index (χ1v) is 7.96. The van der Waals surface area contributed by atoms with E-state index in [0.717, 1.165) is 0 Å². The summed E-state index contributed by atoms with van der Waals surface area (Å²) in [4.78, 5) is 0.619. The molecule has 0 bridgehead atoms. The van der Waals surface area contributed by atoms with Crippen molar-refractivity contribution in [3.8, 4) is 11.1 Å². The van der Waals surface area contributed by atoms with Crippen molar-refractivity contribution < 1.29 is 4.57 Å². The van der Waals surface area contributed by atoms with E-state index >= 15 is 0 Å². The molecular weight excluding hydrogens is 298 g/mol. The van der Waals surface area contributed by atoms with Gasteiger partial charge in [-0.1, -0.05) is 52.7 Å². The number of nitrogens with zero attached hydrogens (tertiary/aromatic N) is 1. The van der Waals surface area contributed by atoms with Gasteiger partial charge in [-0.15, -0.1) is 0 Å². The maximum Gasteiger partial charge on any atom is 0.170 e. The van der Waals surface area contributed by atoms with Crippen LogP contribution in [0.2, 0.25) is 0 Å². The van der Waals surface area contributed by atoms with Crippen LogP contribution in [0.1, 0.15) is 31.7 Å². The highest BCUT2D eigenvalue weighted by molar-refractivity contribution is 9.09. The van der Waals surface area contributed by atoms with Crippen LogP contribution in [0.15, 0.2) is 54.9 Å². The summed E-state index contributed by atoms with van der Waals surface area (Å²) in [6.07, 6.45) is 9.73. The normalized spacial score (nSPS) is 23.2. The highest BCUT2D eigenvalue weighted by atomic mass is 79.9. The van der Waals surface area contributed by atoms with Gasteiger partial charge in [0.2, 0.25) is 0 Å². The molecule has 0 amide bonds. The molecule has 1 saturated carbocycles. The Morgan fingerprint density at radius 3 is 2.16 bits per heavy atom. The van der Waals surface area contributed by atoms with Gasteiger partial charge in [0.15, 0.2) is 18.4 Å². The average molecular weight is 317 g/mol. The molecule has 2 aromatic rings. The number of hydrogen-bond acceptors (Lipinski definition) is 0. The van der Waals surface area contributed by atoms with Crippen LogP contribution in [0.4, 0.5) is 0 Å². The van der Waals surface area contributed by atoms with Crippen molar-refractivity contribution in [3.05, 3.63) is 54.9 Å². The van der Waals surface area contributed by atoms with Gasteiger partial charge >= 0.3 is 0 Å². The van der Waals surface area contributed by atoms with E-state index in [1.807, 2.05) is 0 Å². The van der Waals surface area contributed by atoms with E-state index in [1.165, 1.54) is 36.8 Å². The van der Waals surface area contributed by atoms with Crippen molar-refractivity contribution in [1.82, 2.24) is 0 Å². The van der Waals surface area contributed by atoms with Crippen LogP contribution < -0.4 is 4.57 Å². The SMILES string of the molecule is BrC1CCCCC1[n+]1ccc(-c2ccccc2)cc1. The standard InChI is InChI=1S/C17H19BrN/c18-16-8-4-5-9-17(16)19-12-10-15(11-13-19)14-6-2-1-3-7-14/h1-3,6-7,10-13,16-17H,4-5,8-9H2/q+1. The molecule has 1 heterocycles. The van der Waals surface area contributed by atoms with Gasteiger partial charge in [-0.3, -0.25) is 0 Å². The zero-order chi connectivity index (χ0) is 13.1. The van der Waals surface area contributed by atoms with Crippen molar-refractivity contribution in [3.63, 3.8) is 0 Å². The Labute approximate surface area is 123 Å². The lowest BCUT2D eigenvalue weighted by molar-refractivity contribution is -0.724. The Morgan fingerprint density at radius 2 is 1.47 bits per heavy atom. The highest BCUT2D eigenvalue weighted by Gasteiger charge is 2.29. The molecule has 1 fully saturated rings. The quantitative estimate of drug-likeness (QED) is 0.566. The Bertz CT molecular complexity index is 521. The molecule has 19 heavy (non-hydrogen) atoms. The first kappa shape index (κ1) is 12.9. The van der Waals surface area contributed by atoms with Gasteiger partial charge in [0.1, 0.15) is 0 Å². The molecular formula is C17H19BrN+. The van der Waals surface area contributed by atoms with Crippen LogP contribution in [-0.4, -0.2) is 4.83 Å². The zero-order valence-electron chi connectivity index (χ0n) is 11.0. The van der Waals surface area contributed by atoms with Gasteiger partial charge in [0.05, 0.1) is 4.83 Å². The zero-order valence-corrected chi connectivity index (χ0v) is 12.6. The summed E-state index contributed by atoms with van der Waals surface area (Å²) in [5.41, 5.74) is 2.58. The molecule has 1 aliphatic rings. The summed E-state index contributed by atoms with van der Waals surface area (Å²) in [7, 11) is 0. The third-order valence-corrected chi connectivity index (χ3v) is 5.06. The van der Waals surface area contributed by atoms with E-state index in [1.54, 1.807) is 0 Å². The Kier molecular flexibility index (Phi) is 3.97. The Morgan fingerprint density at radius 1 is 0.842 bits per heavy atom. The van der Waals surface area contributed by atoms with Gasteiger partial charge in [0.25, 0.3) is 0 Å². The molecule has 0 radical (unpaired) electrons. The molecule has 0 spiro atoms. The molecule has 98 valence electrons. The fourth-order valence-corrected chi connectivity index (χ4v) is 3.75. The summed E-state index contributed by atoms with van der Waals surface area (Å²) in [5, 5.41) is 0. The molecule has 1 aromatic carbocycles. The molecule has 1 aliphatic carbocycles. The monoisotopic (exact) mass is 316 g/mol. The molecule has 2 atom stereocenters. The van der Waals surface area contributed by atoms with Gasteiger partial charge in [-0.05, 0) is 24.0 Å². The van der Waals surface area contributed by atoms with Crippen LogP contribution in [0, 0.1) is 0 Å². The van der Waals surface area contributed by atoms with Crippen LogP contribution in [0.3, 0.4) is 0 Å². The summed E-state index contributed by atoms with van der Waals surface area (Å²) < 4.78 is 2.37. The second-order valence-corrected chi connectivity index (χ2v) is 6.44. The van der Waals surface area contributed by atoms with E-state index in [2.05, 4.69) is 75.4 Å². The average Bonchev–Trinajstić information content (AvgIpc) is 2.49. The summed E-state index contributed by atoms with van der Waals surface area (Å²) >= 11 is 3.83. The molecule has 0 N–H and O–H groups in total. The molecule has 2 heteroatoms. The summed E-state index contributed by atoms with van der Waals surface area (Å²) in [6, 6.07) is 15.6. The van der Waals surface area contributed by atoms with Crippen molar-refractivity contribution in [2.24, 2.45) is 0 Å². The van der Waals surface area contributed by atoms with Crippen molar-refractivity contribution >= 4 is 15.9 Å². The Balaban J connectivity index is 1.83. The Hall–Kier alpha value is -1.15. The lowest BCUT2D eigenvalue weighted by Gasteiger charge is -2.22. The smallest absolute Gasteiger partial charge is 0.170 e. The first-order chi connectivity index (χ1) is 9.34. The van der Waals surface area contributed by atoms with E-state index in [4.69, 9.17) is 0 Å². The summed E-state index contributed by atoms with van der Waals surface area (Å²) in [6.45, 7) is 0. The van der Waals surface area contributed by atoms with Gasteiger partial charge in [0, 0.05) is 18.6 Å². The molecule has 0 aliphatic heterocycles. The maximum absolute atomic E-state index is 3.83. The van der Waals surface area contributed by atoms with Gasteiger partial charge in [-0.2, -0.15) is 0 Å².